The zero-order valence-electron chi connectivity index (χ0n) is 13.5. The molecule has 1 aliphatic rings. The molecule has 0 bridgehead atoms. The van der Waals surface area contributed by atoms with E-state index in [1.807, 2.05) is 0 Å². The predicted molar refractivity (Wildman–Crippen MR) is 87.4 cm³/mol. The minimum absolute atomic E-state index is 1.02. The van der Waals surface area contributed by atoms with Crippen LogP contribution in [-0.4, -0.2) is 26.2 Å². The Balaban J connectivity index is 1.93. The fourth-order valence-corrected chi connectivity index (χ4v) is 3.05. The third-order valence-corrected chi connectivity index (χ3v) is 4.40. The van der Waals surface area contributed by atoms with E-state index in [1.54, 1.807) is 4.90 Å². The van der Waals surface area contributed by atoms with Gasteiger partial charge in [-0.3, -0.25) is 0 Å². The first-order valence-electron chi connectivity index (χ1n) is 8.44. The number of nitrogens with one attached hydrogen (secondary N) is 1. The Morgan fingerprint density at radius 2 is 1.70 bits per heavy atom. The van der Waals surface area contributed by atoms with Gasteiger partial charge in [0.25, 0.3) is 0 Å². The number of rotatable bonds is 9. The van der Waals surface area contributed by atoms with Crippen LogP contribution in [0.1, 0.15) is 45.6 Å². The van der Waals surface area contributed by atoms with Gasteiger partial charge in [-0.2, -0.15) is 0 Å². The molecule has 1 N–H and O–H groups in total. The summed E-state index contributed by atoms with van der Waals surface area (Å²) in [6, 6.07) is 9.25. The van der Waals surface area contributed by atoms with Crippen molar-refractivity contribution < 1.29 is 4.90 Å². The quantitative estimate of drug-likeness (QED) is 0.728. The normalized spacial score (nSPS) is 16.1. The molecule has 0 spiro atoms. The van der Waals surface area contributed by atoms with E-state index in [0.29, 0.717) is 0 Å². The van der Waals surface area contributed by atoms with Crippen LogP contribution in [0.5, 0.6) is 0 Å². The summed E-state index contributed by atoms with van der Waals surface area (Å²) in [6.07, 6.45) is 4.22. The summed E-state index contributed by atoms with van der Waals surface area (Å²) in [5.41, 5.74) is 2.85. The second kappa shape index (κ2) is 7.68. The van der Waals surface area contributed by atoms with Crippen molar-refractivity contribution in [3.63, 3.8) is 0 Å². The molecule has 0 aliphatic heterocycles. The number of nitrogens with zero attached hydrogens (tertiary/aromatic N) is 1. The minimum Gasteiger partial charge on any atom is -0.372 e. The summed E-state index contributed by atoms with van der Waals surface area (Å²) >= 11 is 0. The van der Waals surface area contributed by atoms with Crippen molar-refractivity contribution in [2.45, 2.75) is 46.6 Å². The molecule has 2 rings (SSSR count). The highest BCUT2D eigenvalue weighted by atomic mass is 15.1. The summed E-state index contributed by atoms with van der Waals surface area (Å²) in [7, 11) is 0. The van der Waals surface area contributed by atoms with Gasteiger partial charge >= 0.3 is 0 Å². The van der Waals surface area contributed by atoms with E-state index < -0.39 is 0 Å². The van der Waals surface area contributed by atoms with E-state index in [9.17, 15) is 0 Å². The van der Waals surface area contributed by atoms with Gasteiger partial charge in [0.1, 0.15) is 6.54 Å². The van der Waals surface area contributed by atoms with E-state index in [0.717, 1.165) is 19.0 Å². The van der Waals surface area contributed by atoms with Gasteiger partial charge in [-0.25, -0.2) is 0 Å². The fraction of sp³-hybridized carbons (Fsp3) is 0.667. The lowest BCUT2D eigenvalue weighted by Crippen LogP contribution is -3.11. The Bertz CT molecular complexity index is 377. The van der Waals surface area contributed by atoms with Crippen LogP contribution >= 0.6 is 0 Å². The fourth-order valence-electron chi connectivity index (χ4n) is 3.05. The van der Waals surface area contributed by atoms with Crippen molar-refractivity contribution in [3.05, 3.63) is 29.8 Å². The van der Waals surface area contributed by atoms with Gasteiger partial charge in [-0.1, -0.05) is 19.1 Å². The molecule has 1 unspecified atom stereocenters. The molecular formula is C18H31N2+. The molecule has 1 aromatic carbocycles. The Kier molecular flexibility index (Phi) is 5.90. The number of quaternary nitrogens is 1. The van der Waals surface area contributed by atoms with Crippen LogP contribution in [0.25, 0.3) is 0 Å². The van der Waals surface area contributed by atoms with Crippen LogP contribution in [0, 0.1) is 5.92 Å². The maximum absolute atomic E-state index is 2.41. The number of hydrogen-bond acceptors (Lipinski definition) is 1. The maximum Gasteiger partial charge on any atom is 0.103 e. The molecular weight excluding hydrogens is 244 g/mol. The first-order chi connectivity index (χ1) is 9.76. The highest BCUT2D eigenvalue weighted by Crippen LogP contribution is 2.26. The molecule has 2 heteroatoms. The van der Waals surface area contributed by atoms with Crippen LogP contribution in [0.15, 0.2) is 24.3 Å². The van der Waals surface area contributed by atoms with Gasteiger partial charge in [0.2, 0.25) is 0 Å². The number of hydrogen-bond donors (Lipinski definition) is 1. The maximum atomic E-state index is 2.41. The highest BCUT2D eigenvalue weighted by molar-refractivity contribution is 5.47. The van der Waals surface area contributed by atoms with Crippen molar-refractivity contribution in [1.29, 1.82) is 0 Å². The smallest absolute Gasteiger partial charge is 0.103 e. The van der Waals surface area contributed by atoms with Crippen molar-refractivity contribution in [2.24, 2.45) is 5.92 Å². The third kappa shape index (κ3) is 4.52. The summed E-state index contributed by atoms with van der Waals surface area (Å²) < 4.78 is 0. The second-order valence-corrected chi connectivity index (χ2v) is 6.16. The Morgan fingerprint density at radius 3 is 2.20 bits per heavy atom. The van der Waals surface area contributed by atoms with Crippen molar-refractivity contribution in [3.8, 4) is 0 Å². The zero-order valence-corrected chi connectivity index (χ0v) is 13.5. The summed E-state index contributed by atoms with van der Waals surface area (Å²) in [5.74, 6) is 1.02. The first-order valence-corrected chi connectivity index (χ1v) is 8.44. The van der Waals surface area contributed by atoms with Crippen LogP contribution in [0.2, 0.25) is 0 Å². The standard InChI is InChI=1S/C18H30N2/c1-4-13-19(14-16-7-8-16)15-17-9-11-18(12-10-17)20(5-2)6-3/h9-12,16H,4-8,13-15H2,1-3H3/p+1. The van der Waals surface area contributed by atoms with E-state index >= 15 is 0 Å². The monoisotopic (exact) mass is 275 g/mol. The third-order valence-electron chi connectivity index (χ3n) is 4.40. The molecule has 1 saturated carbocycles. The van der Waals surface area contributed by atoms with Crippen LogP contribution in [0.3, 0.4) is 0 Å². The summed E-state index contributed by atoms with van der Waals surface area (Å²) in [6.45, 7) is 12.8. The van der Waals surface area contributed by atoms with Crippen LogP contribution in [-0.2, 0) is 6.54 Å². The summed E-state index contributed by atoms with van der Waals surface area (Å²) in [4.78, 5) is 4.18. The van der Waals surface area contributed by atoms with Gasteiger partial charge in [-0.05, 0) is 45.2 Å². The molecule has 1 atom stereocenters. The lowest BCUT2D eigenvalue weighted by Gasteiger charge is -2.22. The van der Waals surface area contributed by atoms with E-state index in [4.69, 9.17) is 0 Å². The molecule has 0 radical (unpaired) electrons. The Morgan fingerprint density at radius 1 is 1.05 bits per heavy atom. The van der Waals surface area contributed by atoms with Gasteiger partial charge in [-0.15, -0.1) is 0 Å². The Labute approximate surface area is 124 Å². The largest absolute Gasteiger partial charge is 0.372 e. The van der Waals surface area contributed by atoms with Crippen molar-refractivity contribution >= 4 is 5.69 Å². The van der Waals surface area contributed by atoms with Crippen molar-refractivity contribution in [1.82, 2.24) is 0 Å². The molecule has 0 heterocycles. The first kappa shape index (κ1) is 15.4. The molecule has 20 heavy (non-hydrogen) atoms. The molecule has 0 saturated heterocycles. The van der Waals surface area contributed by atoms with Crippen molar-refractivity contribution in [2.75, 3.05) is 31.1 Å². The average molecular weight is 275 g/mol. The minimum atomic E-state index is 1.02. The van der Waals surface area contributed by atoms with Gasteiger partial charge in [0.15, 0.2) is 0 Å². The lowest BCUT2D eigenvalue weighted by atomic mass is 10.1. The highest BCUT2D eigenvalue weighted by Gasteiger charge is 2.26. The number of benzene rings is 1. The zero-order chi connectivity index (χ0) is 14.4. The molecule has 0 amide bonds. The molecule has 112 valence electrons. The number of anilines is 1. The molecule has 0 aromatic heterocycles. The second-order valence-electron chi connectivity index (χ2n) is 6.16. The topological polar surface area (TPSA) is 7.68 Å². The van der Waals surface area contributed by atoms with E-state index in [2.05, 4.69) is 49.9 Å². The van der Waals surface area contributed by atoms with Crippen LogP contribution in [0.4, 0.5) is 5.69 Å². The average Bonchev–Trinajstić information content (AvgIpc) is 3.26. The molecule has 1 aliphatic carbocycles. The predicted octanol–water partition coefficient (Wildman–Crippen LogP) is 2.74. The van der Waals surface area contributed by atoms with E-state index in [-0.39, 0.29) is 0 Å². The lowest BCUT2D eigenvalue weighted by molar-refractivity contribution is -0.915. The molecule has 2 nitrogen and oxygen atoms in total. The molecule has 1 aromatic rings. The van der Waals surface area contributed by atoms with Gasteiger partial charge in [0, 0.05) is 30.3 Å². The van der Waals surface area contributed by atoms with Crippen LogP contribution < -0.4 is 9.80 Å². The SMILES string of the molecule is CCC[NH+](Cc1ccc(N(CC)CC)cc1)CC1CC1. The van der Waals surface area contributed by atoms with E-state index in [1.165, 1.54) is 50.1 Å². The summed E-state index contributed by atoms with van der Waals surface area (Å²) in [5, 5.41) is 0. The van der Waals surface area contributed by atoms with Gasteiger partial charge < -0.3 is 9.80 Å². The Hall–Kier alpha value is -1.02. The molecule has 1 fully saturated rings. The van der Waals surface area contributed by atoms with Gasteiger partial charge in [0.05, 0.1) is 13.1 Å².